The Morgan fingerprint density at radius 2 is 1.61 bits per heavy atom. The fourth-order valence-corrected chi connectivity index (χ4v) is 4.81. The Morgan fingerprint density at radius 3 is 2.00 bits per heavy atom. The van der Waals surface area contributed by atoms with E-state index < -0.39 is 11.4 Å². The van der Waals surface area contributed by atoms with Crippen LogP contribution in [-0.2, 0) is 4.79 Å². The largest absolute Gasteiger partial charge is 0.481 e. The molecule has 2 N–H and O–H groups in total. The SMILES string of the molecule is CC(C)(CNC12CC3CC(CC(C3)C1)C2)C(=O)O. The molecule has 3 heteroatoms. The zero-order chi connectivity index (χ0) is 13.0. The second-order valence-electron chi connectivity index (χ2n) is 7.74. The van der Waals surface area contributed by atoms with Crippen molar-refractivity contribution in [2.24, 2.45) is 23.2 Å². The molecule has 0 aliphatic heterocycles. The highest BCUT2D eigenvalue weighted by Crippen LogP contribution is 2.55. The van der Waals surface area contributed by atoms with Crippen molar-refractivity contribution in [2.45, 2.75) is 57.9 Å². The molecule has 0 unspecified atom stereocenters. The summed E-state index contributed by atoms with van der Waals surface area (Å²) in [6.07, 6.45) is 8.16. The van der Waals surface area contributed by atoms with Gasteiger partial charge in [-0.15, -0.1) is 0 Å². The van der Waals surface area contributed by atoms with Crippen LogP contribution in [0, 0.1) is 23.2 Å². The first-order chi connectivity index (χ1) is 8.39. The van der Waals surface area contributed by atoms with Gasteiger partial charge in [0.25, 0.3) is 0 Å². The van der Waals surface area contributed by atoms with Crippen molar-refractivity contribution >= 4 is 5.97 Å². The molecule has 4 fully saturated rings. The molecule has 4 bridgehead atoms. The van der Waals surface area contributed by atoms with Crippen molar-refractivity contribution < 1.29 is 9.90 Å². The molecule has 4 saturated carbocycles. The predicted octanol–water partition coefficient (Wildman–Crippen LogP) is 2.66. The predicted molar refractivity (Wildman–Crippen MR) is 70.3 cm³/mol. The normalized spacial score (nSPS) is 42.2. The van der Waals surface area contributed by atoms with E-state index in [9.17, 15) is 9.90 Å². The second kappa shape index (κ2) is 3.96. The third-order valence-corrected chi connectivity index (χ3v) is 5.52. The minimum atomic E-state index is -0.695. The average Bonchev–Trinajstić information content (AvgIpc) is 2.24. The summed E-state index contributed by atoms with van der Waals surface area (Å²) in [5.74, 6) is 2.05. The Hall–Kier alpha value is -0.570. The van der Waals surface area contributed by atoms with E-state index in [0.717, 1.165) is 17.8 Å². The summed E-state index contributed by atoms with van der Waals surface area (Å²) in [6.45, 7) is 4.25. The number of hydrogen-bond acceptors (Lipinski definition) is 2. The molecule has 0 atom stereocenters. The van der Waals surface area contributed by atoms with Crippen LogP contribution in [0.25, 0.3) is 0 Å². The summed E-state index contributed by atoms with van der Waals surface area (Å²) in [5, 5.41) is 12.9. The van der Waals surface area contributed by atoms with Gasteiger partial charge in [0, 0.05) is 12.1 Å². The van der Waals surface area contributed by atoms with Gasteiger partial charge < -0.3 is 10.4 Å². The lowest BCUT2D eigenvalue weighted by molar-refractivity contribution is -0.147. The average molecular weight is 251 g/mol. The molecule has 0 heterocycles. The van der Waals surface area contributed by atoms with Crippen LogP contribution in [0.2, 0.25) is 0 Å². The van der Waals surface area contributed by atoms with Gasteiger partial charge in [-0.25, -0.2) is 0 Å². The number of nitrogens with one attached hydrogen (secondary N) is 1. The van der Waals surface area contributed by atoms with Crippen molar-refractivity contribution in [1.82, 2.24) is 5.32 Å². The summed E-state index contributed by atoms with van der Waals surface area (Å²) in [5.41, 5.74) is -0.370. The minimum absolute atomic E-state index is 0.279. The molecule has 0 aromatic heterocycles. The molecule has 0 aromatic rings. The summed E-state index contributed by atoms with van der Waals surface area (Å²) >= 11 is 0. The van der Waals surface area contributed by atoms with Crippen LogP contribution in [0.4, 0.5) is 0 Å². The van der Waals surface area contributed by atoms with Crippen LogP contribution in [0.5, 0.6) is 0 Å². The van der Waals surface area contributed by atoms with Gasteiger partial charge >= 0.3 is 5.97 Å². The maximum Gasteiger partial charge on any atom is 0.310 e. The van der Waals surface area contributed by atoms with Crippen LogP contribution >= 0.6 is 0 Å². The Balaban J connectivity index is 1.67. The Bertz CT molecular complexity index is 326. The zero-order valence-corrected chi connectivity index (χ0v) is 11.5. The lowest BCUT2D eigenvalue weighted by atomic mass is 9.53. The van der Waals surface area contributed by atoms with E-state index in [4.69, 9.17) is 0 Å². The number of carbonyl (C=O) groups is 1. The van der Waals surface area contributed by atoms with Gasteiger partial charge in [0.1, 0.15) is 0 Å². The third-order valence-electron chi connectivity index (χ3n) is 5.52. The number of aliphatic carboxylic acids is 1. The van der Waals surface area contributed by atoms with E-state index in [2.05, 4.69) is 5.32 Å². The van der Waals surface area contributed by atoms with Crippen LogP contribution in [-0.4, -0.2) is 23.2 Å². The standard InChI is InChI=1S/C15H25NO2/c1-14(2,13(17)18)9-16-15-6-10-3-11(7-15)5-12(4-10)8-15/h10-12,16H,3-9H2,1-2H3,(H,17,18). The summed E-state index contributed by atoms with van der Waals surface area (Å²) < 4.78 is 0. The highest BCUT2D eigenvalue weighted by Gasteiger charge is 2.51. The van der Waals surface area contributed by atoms with Gasteiger partial charge in [-0.1, -0.05) is 0 Å². The Kier molecular flexibility index (Phi) is 2.74. The van der Waals surface area contributed by atoms with Crippen LogP contribution < -0.4 is 5.32 Å². The quantitative estimate of drug-likeness (QED) is 0.807. The fraction of sp³-hybridized carbons (Fsp3) is 0.933. The van der Waals surface area contributed by atoms with Crippen LogP contribution in [0.3, 0.4) is 0 Å². The van der Waals surface area contributed by atoms with Crippen molar-refractivity contribution in [1.29, 1.82) is 0 Å². The van der Waals surface area contributed by atoms with Crippen molar-refractivity contribution in [3.8, 4) is 0 Å². The molecule has 0 radical (unpaired) electrons. The molecule has 102 valence electrons. The van der Waals surface area contributed by atoms with Gasteiger partial charge in [0.15, 0.2) is 0 Å². The second-order valence-corrected chi connectivity index (χ2v) is 7.74. The van der Waals surface area contributed by atoms with Crippen molar-refractivity contribution in [2.75, 3.05) is 6.54 Å². The Labute approximate surface area is 109 Å². The third kappa shape index (κ3) is 2.07. The number of carboxylic acid groups (broad SMARTS) is 1. The monoisotopic (exact) mass is 251 g/mol. The van der Waals surface area contributed by atoms with E-state index in [0.29, 0.717) is 6.54 Å². The smallest absolute Gasteiger partial charge is 0.310 e. The highest BCUT2D eigenvalue weighted by molar-refractivity contribution is 5.73. The number of rotatable bonds is 4. The first kappa shape index (κ1) is 12.5. The van der Waals surface area contributed by atoms with Crippen LogP contribution in [0.1, 0.15) is 52.4 Å². The summed E-state index contributed by atoms with van der Waals surface area (Å²) in [4.78, 5) is 11.2. The van der Waals surface area contributed by atoms with Crippen molar-refractivity contribution in [3.63, 3.8) is 0 Å². The molecule has 4 aliphatic carbocycles. The topological polar surface area (TPSA) is 49.3 Å². The van der Waals surface area contributed by atoms with E-state index in [1.165, 1.54) is 38.5 Å². The van der Waals surface area contributed by atoms with Gasteiger partial charge in [0.05, 0.1) is 5.41 Å². The first-order valence-corrected chi connectivity index (χ1v) is 7.37. The number of carboxylic acids is 1. The van der Waals surface area contributed by atoms with E-state index >= 15 is 0 Å². The molecule has 18 heavy (non-hydrogen) atoms. The van der Waals surface area contributed by atoms with Gasteiger partial charge in [0.2, 0.25) is 0 Å². The molecule has 4 rings (SSSR count). The maximum atomic E-state index is 11.2. The summed E-state index contributed by atoms with van der Waals surface area (Å²) in [7, 11) is 0. The first-order valence-electron chi connectivity index (χ1n) is 7.37. The Morgan fingerprint density at radius 1 is 1.17 bits per heavy atom. The molecule has 0 saturated heterocycles. The van der Waals surface area contributed by atoms with Crippen LogP contribution in [0.15, 0.2) is 0 Å². The lowest BCUT2D eigenvalue weighted by Gasteiger charge is -2.57. The van der Waals surface area contributed by atoms with Gasteiger partial charge in [-0.05, 0) is 70.1 Å². The minimum Gasteiger partial charge on any atom is -0.481 e. The molecule has 3 nitrogen and oxygen atoms in total. The number of hydrogen-bond donors (Lipinski definition) is 2. The van der Waals surface area contributed by atoms with E-state index in [1.54, 1.807) is 0 Å². The van der Waals surface area contributed by atoms with Crippen molar-refractivity contribution in [3.05, 3.63) is 0 Å². The fourth-order valence-electron chi connectivity index (χ4n) is 4.81. The van der Waals surface area contributed by atoms with E-state index in [1.807, 2.05) is 13.8 Å². The highest BCUT2D eigenvalue weighted by atomic mass is 16.4. The maximum absolute atomic E-state index is 11.2. The molecule has 4 aliphatic rings. The summed E-state index contributed by atoms with van der Waals surface area (Å²) in [6, 6.07) is 0. The molecular weight excluding hydrogens is 226 g/mol. The molecular formula is C15H25NO2. The lowest BCUT2D eigenvalue weighted by Crippen LogP contribution is -2.60. The molecule has 0 amide bonds. The van der Waals surface area contributed by atoms with Gasteiger partial charge in [-0.2, -0.15) is 0 Å². The zero-order valence-electron chi connectivity index (χ0n) is 11.5. The van der Waals surface area contributed by atoms with Gasteiger partial charge in [-0.3, -0.25) is 4.79 Å². The van der Waals surface area contributed by atoms with E-state index in [-0.39, 0.29) is 5.54 Å². The molecule has 0 spiro atoms. The molecule has 0 aromatic carbocycles.